The number of ether oxygens (including phenoxy) is 1. The molecule has 1 atom stereocenters. The monoisotopic (exact) mass is 315 g/mol. The fourth-order valence-corrected chi connectivity index (χ4v) is 4.42. The predicted octanol–water partition coefficient (Wildman–Crippen LogP) is 1.98. The maximum Gasteiger partial charge on any atom is 0.265 e. The van der Waals surface area contributed by atoms with Crippen LogP contribution in [0.1, 0.15) is 16.6 Å². The third-order valence-corrected chi connectivity index (χ3v) is 5.42. The molecule has 1 aliphatic heterocycles. The average Bonchev–Trinajstić information content (AvgIpc) is 2.74. The van der Waals surface area contributed by atoms with Crippen molar-refractivity contribution >= 4 is 39.7 Å². The first kappa shape index (κ1) is 15.5. The molecular weight excluding hydrogens is 294 g/mol. The molecule has 20 heavy (non-hydrogen) atoms. The van der Waals surface area contributed by atoms with Crippen LogP contribution in [-0.2, 0) is 4.74 Å². The highest BCUT2D eigenvalue weighted by molar-refractivity contribution is 7.99. The second kappa shape index (κ2) is 6.24. The number of thioether (sulfide) groups is 1. The van der Waals surface area contributed by atoms with Gasteiger partial charge in [0.05, 0.1) is 23.3 Å². The summed E-state index contributed by atoms with van der Waals surface area (Å²) in [7, 11) is 3.49. The number of nitrogens with zero attached hydrogens (tertiary/aromatic N) is 2. The highest BCUT2D eigenvalue weighted by Gasteiger charge is 2.27. The molecule has 5 nitrogen and oxygen atoms in total. The summed E-state index contributed by atoms with van der Waals surface area (Å²) in [5.74, 6) is -0.0321. The van der Waals surface area contributed by atoms with Crippen LogP contribution in [0.5, 0.6) is 0 Å². The number of rotatable bonds is 3. The molecule has 1 aromatic heterocycles. The molecule has 2 rings (SSSR count). The molecule has 2 N–H and O–H groups in total. The van der Waals surface area contributed by atoms with Gasteiger partial charge in [0.2, 0.25) is 0 Å². The lowest BCUT2D eigenvalue weighted by Gasteiger charge is -2.32. The molecule has 0 saturated carbocycles. The number of hydrogen-bond donors (Lipinski definition) is 1. The van der Waals surface area contributed by atoms with Crippen molar-refractivity contribution in [1.82, 2.24) is 4.90 Å². The summed E-state index contributed by atoms with van der Waals surface area (Å²) in [5.41, 5.74) is 6.79. The number of carbonyl (C=O) groups excluding carboxylic acids is 1. The molecule has 1 fully saturated rings. The number of anilines is 2. The van der Waals surface area contributed by atoms with Gasteiger partial charge in [-0.3, -0.25) is 4.79 Å². The molecule has 0 radical (unpaired) electrons. The van der Waals surface area contributed by atoms with E-state index in [0.29, 0.717) is 17.2 Å². The van der Waals surface area contributed by atoms with E-state index < -0.39 is 0 Å². The first-order valence-electron chi connectivity index (χ1n) is 6.50. The van der Waals surface area contributed by atoms with Gasteiger partial charge in [0.25, 0.3) is 5.91 Å². The van der Waals surface area contributed by atoms with Crippen LogP contribution in [0.4, 0.5) is 10.7 Å². The van der Waals surface area contributed by atoms with Crippen LogP contribution in [0.3, 0.4) is 0 Å². The summed E-state index contributed by atoms with van der Waals surface area (Å²) in [6, 6.07) is 0. The van der Waals surface area contributed by atoms with Crippen molar-refractivity contribution in [3.63, 3.8) is 0 Å². The van der Waals surface area contributed by atoms with E-state index in [1.165, 1.54) is 11.3 Å². The Kier molecular flexibility index (Phi) is 4.82. The van der Waals surface area contributed by atoms with E-state index in [-0.39, 0.29) is 12.0 Å². The quantitative estimate of drug-likeness (QED) is 0.864. The Morgan fingerprint density at radius 2 is 2.25 bits per heavy atom. The summed E-state index contributed by atoms with van der Waals surface area (Å²) >= 11 is 3.09. The van der Waals surface area contributed by atoms with Crippen molar-refractivity contribution in [2.24, 2.45) is 0 Å². The molecule has 1 aliphatic rings. The zero-order valence-electron chi connectivity index (χ0n) is 12.3. The van der Waals surface area contributed by atoms with Crippen LogP contribution >= 0.6 is 23.1 Å². The number of nitrogen functional groups attached to an aromatic ring is 1. The second-order valence-electron chi connectivity index (χ2n) is 5.01. The van der Waals surface area contributed by atoms with Gasteiger partial charge in [-0.1, -0.05) is 0 Å². The Morgan fingerprint density at radius 3 is 2.80 bits per heavy atom. The molecular formula is C13H21N3O2S2. The van der Waals surface area contributed by atoms with Gasteiger partial charge in [0.15, 0.2) is 0 Å². The SMILES string of the molecule is CSc1c(N2CCOC(C)C2)sc(C(=O)N(C)C)c1N. The fraction of sp³-hybridized carbons (Fsp3) is 0.615. The van der Waals surface area contributed by atoms with Crippen LogP contribution in [0.25, 0.3) is 0 Å². The van der Waals surface area contributed by atoms with Gasteiger partial charge in [-0.25, -0.2) is 0 Å². The van der Waals surface area contributed by atoms with Crippen molar-refractivity contribution in [2.45, 2.75) is 17.9 Å². The smallest absolute Gasteiger partial charge is 0.265 e. The van der Waals surface area contributed by atoms with Crippen molar-refractivity contribution < 1.29 is 9.53 Å². The summed E-state index contributed by atoms with van der Waals surface area (Å²) < 4.78 is 5.58. The number of morpholine rings is 1. The third-order valence-electron chi connectivity index (χ3n) is 3.22. The van der Waals surface area contributed by atoms with Crippen molar-refractivity contribution in [1.29, 1.82) is 0 Å². The van der Waals surface area contributed by atoms with Gasteiger partial charge in [-0.15, -0.1) is 23.1 Å². The molecule has 112 valence electrons. The Bertz CT molecular complexity index is 502. The Morgan fingerprint density at radius 1 is 1.55 bits per heavy atom. The largest absolute Gasteiger partial charge is 0.396 e. The molecule has 0 bridgehead atoms. The van der Waals surface area contributed by atoms with E-state index in [9.17, 15) is 4.79 Å². The maximum absolute atomic E-state index is 12.2. The van der Waals surface area contributed by atoms with E-state index in [1.807, 2.05) is 6.26 Å². The van der Waals surface area contributed by atoms with Gasteiger partial charge in [-0.05, 0) is 13.2 Å². The summed E-state index contributed by atoms with van der Waals surface area (Å²) in [6.07, 6.45) is 2.20. The summed E-state index contributed by atoms with van der Waals surface area (Å²) in [6.45, 7) is 4.45. The van der Waals surface area contributed by atoms with Gasteiger partial charge >= 0.3 is 0 Å². The summed E-state index contributed by atoms with van der Waals surface area (Å²) in [4.78, 5) is 17.7. The van der Waals surface area contributed by atoms with E-state index in [4.69, 9.17) is 10.5 Å². The molecule has 1 aromatic rings. The standard InChI is InChI=1S/C13H21N3O2S2/c1-8-7-16(5-6-18-8)13-11(19-4)9(14)10(20-13)12(17)15(2)3/h8H,5-7,14H2,1-4H3. The van der Waals surface area contributed by atoms with Crippen molar-refractivity contribution in [2.75, 3.05) is 50.7 Å². The van der Waals surface area contributed by atoms with Gasteiger partial charge < -0.3 is 20.3 Å². The van der Waals surface area contributed by atoms with Crippen LogP contribution in [0.2, 0.25) is 0 Å². The normalized spacial score (nSPS) is 19.2. The Balaban J connectivity index is 2.37. The van der Waals surface area contributed by atoms with E-state index >= 15 is 0 Å². The Labute approximate surface area is 128 Å². The van der Waals surface area contributed by atoms with Crippen molar-refractivity contribution in [3.05, 3.63) is 4.88 Å². The van der Waals surface area contributed by atoms with Crippen LogP contribution in [0.15, 0.2) is 4.90 Å². The van der Waals surface area contributed by atoms with Crippen LogP contribution < -0.4 is 10.6 Å². The molecule has 0 spiro atoms. The number of thiophene rings is 1. The predicted molar refractivity (Wildman–Crippen MR) is 86.2 cm³/mol. The zero-order chi connectivity index (χ0) is 14.9. The van der Waals surface area contributed by atoms with E-state index in [2.05, 4.69) is 11.8 Å². The number of hydrogen-bond acceptors (Lipinski definition) is 6. The molecule has 7 heteroatoms. The lowest BCUT2D eigenvalue weighted by molar-refractivity contribution is 0.0533. The minimum Gasteiger partial charge on any atom is -0.396 e. The van der Waals surface area contributed by atoms with E-state index in [0.717, 1.165) is 23.0 Å². The minimum absolute atomic E-state index is 0.0321. The van der Waals surface area contributed by atoms with E-state index in [1.54, 1.807) is 30.8 Å². The number of amides is 1. The molecule has 2 heterocycles. The lowest BCUT2D eigenvalue weighted by Crippen LogP contribution is -2.40. The molecule has 0 aromatic carbocycles. The van der Waals surface area contributed by atoms with Crippen LogP contribution in [0, 0.1) is 0 Å². The minimum atomic E-state index is -0.0321. The zero-order valence-corrected chi connectivity index (χ0v) is 13.9. The maximum atomic E-state index is 12.2. The highest BCUT2D eigenvalue weighted by Crippen LogP contribution is 2.44. The van der Waals surface area contributed by atoms with Gasteiger partial charge in [0.1, 0.15) is 9.88 Å². The second-order valence-corrected chi connectivity index (χ2v) is 6.83. The van der Waals surface area contributed by atoms with Crippen LogP contribution in [-0.4, -0.2) is 57.0 Å². The highest BCUT2D eigenvalue weighted by atomic mass is 32.2. The number of carbonyl (C=O) groups is 1. The van der Waals surface area contributed by atoms with Gasteiger partial charge in [-0.2, -0.15) is 0 Å². The molecule has 0 aliphatic carbocycles. The number of nitrogens with two attached hydrogens (primary N) is 1. The Hall–Kier alpha value is -0.920. The molecule has 1 amide bonds. The topological polar surface area (TPSA) is 58.8 Å². The first-order valence-corrected chi connectivity index (χ1v) is 8.54. The molecule has 1 saturated heterocycles. The first-order chi connectivity index (χ1) is 9.45. The molecule has 1 unspecified atom stereocenters. The third kappa shape index (κ3) is 2.89. The van der Waals surface area contributed by atoms with Crippen molar-refractivity contribution in [3.8, 4) is 0 Å². The average molecular weight is 315 g/mol. The van der Waals surface area contributed by atoms with Gasteiger partial charge in [0, 0.05) is 27.2 Å². The summed E-state index contributed by atoms with van der Waals surface area (Å²) in [5, 5.41) is 1.09. The lowest BCUT2D eigenvalue weighted by atomic mass is 10.3. The fourth-order valence-electron chi connectivity index (χ4n) is 2.19.